The molecule has 2 unspecified atom stereocenters. The standard InChI is InChI=1S/C22H30O6/c1-24-20(23)12-11-19-17(15-27-21-9-2-4-13-25-21)7-6-8-18(19)16-28-22-10-3-5-14-26-22/h6-8,11-12,21-22H,2-5,9-10,13-16H2,1H3/b12-11+. The highest BCUT2D eigenvalue weighted by molar-refractivity contribution is 5.87. The fourth-order valence-electron chi connectivity index (χ4n) is 3.40. The molecule has 0 saturated carbocycles. The lowest BCUT2D eigenvalue weighted by atomic mass is 10.0. The Morgan fingerprint density at radius 2 is 1.57 bits per heavy atom. The van der Waals surface area contributed by atoms with E-state index >= 15 is 0 Å². The normalized spacial score (nSPS) is 23.0. The van der Waals surface area contributed by atoms with Crippen LogP contribution in [0.1, 0.15) is 55.2 Å². The highest BCUT2D eigenvalue weighted by Gasteiger charge is 2.17. The summed E-state index contributed by atoms with van der Waals surface area (Å²) in [6.07, 6.45) is 9.10. The average Bonchev–Trinajstić information content (AvgIpc) is 2.76. The Kier molecular flexibility index (Phi) is 8.48. The minimum absolute atomic E-state index is 0.165. The lowest BCUT2D eigenvalue weighted by molar-refractivity contribution is -0.169. The third kappa shape index (κ3) is 6.41. The average molecular weight is 390 g/mol. The minimum Gasteiger partial charge on any atom is -0.466 e. The first-order valence-electron chi connectivity index (χ1n) is 10.1. The molecule has 0 radical (unpaired) electrons. The summed E-state index contributed by atoms with van der Waals surface area (Å²) in [5, 5.41) is 0. The predicted molar refractivity (Wildman–Crippen MR) is 104 cm³/mol. The van der Waals surface area contributed by atoms with E-state index in [1.54, 1.807) is 6.08 Å². The van der Waals surface area contributed by atoms with Gasteiger partial charge in [0.25, 0.3) is 0 Å². The Morgan fingerprint density at radius 1 is 1.00 bits per heavy atom. The molecule has 2 saturated heterocycles. The monoisotopic (exact) mass is 390 g/mol. The number of hydrogen-bond donors (Lipinski definition) is 0. The molecule has 0 spiro atoms. The summed E-state index contributed by atoms with van der Waals surface area (Å²) in [5.41, 5.74) is 2.89. The molecule has 0 bridgehead atoms. The summed E-state index contributed by atoms with van der Waals surface area (Å²) in [7, 11) is 1.37. The maximum Gasteiger partial charge on any atom is 0.330 e. The van der Waals surface area contributed by atoms with Gasteiger partial charge in [0.15, 0.2) is 12.6 Å². The smallest absolute Gasteiger partial charge is 0.330 e. The number of benzene rings is 1. The van der Waals surface area contributed by atoms with Crippen LogP contribution in [-0.4, -0.2) is 38.9 Å². The SMILES string of the molecule is COC(=O)/C=C/c1c(COC2CCCCO2)cccc1COC1CCCCO1. The van der Waals surface area contributed by atoms with Gasteiger partial charge in [0.05, 0.1) is 20.3 Å². The van der Waals surface area contributed by atoms with Crippen molar-refractivity contribution < 1.29 is 28.5 Å². The quantitative estimate of drug-likeness (QED) is 0.495. The Bertz CT molecular complexity index is 604. The van der Waals surface area contributed by atoms with Crippen molar-refractivity contribution in [3.63, 3.8) is 0 Å². The molecule has 0 amide bonds. The Labute approximate surface area is 166 Å². The fourth-order valence-corrected chi connectivity index (χ4v) is 3.40. The lowest BCUT2D eigenvalue weighted by Gasteiger charge is -2.24. The van der Waals surface area contributed by atoms with Crippen molar-refractivity contribution in [3.05, 3.63) is 41.0 Å². The molecule has 2 fully saturated rings. The van der Waals surface area contributed by atoms with E-state index in [0.717, 1.165) is 68.4 Å². The van der Waals surface area contributed by atoms with E-state index in [9.17, 15) is 4.79 Å². The minimum atomic E-state index is -0.395. The number of methoxy groups -OCH3 is 1. The van der Waals surface area contributed by atoms with E-state index < -0.39 is 5.97 Å². The van der Waals surface area contributed by atoms with E-state index in [-0.39, 0.29) is 12.6 Å². The molecule has 6 nitrogen and oxygen atoms in total. The third-order valence-electron chi connectivity index (χ3n) is 5.00. The van der Waals surface area contributed by atoms with Gasteiger partial charge in [-0.15, -0.1) is 0 Å². The van der Waals surface area contributed by atoms with Crippen LogP contribution in [0.15, 0.2) is 24.3 Å². The lowest BCUT2D eigenvalue weighted by Crippen LogP contribution is -2.23. The van der Waals surface area contributed by atoms with Crippen molar-refractivity contribution in [1.29, 1.82) is 0 Å². The van der Waals surface area contributed by atoms with Gasteiger partial charge in [-0.3, -0.25) is 0 Å². The van der Waals surface area contributed by atoms with Crippen molar-refractivity contribution in [1.82, 2.24) is 0 Å². The Morgan fingerprint density at radius 3 is 2.04 bits per heavy atom. The summed E-state index contributed by atoms with van der Waals surface area (Å²) in [6.45, 7) is 2.32. The number of carbonyl (C=O) groups excluding carboxylic acids is 1. The molecule has 154 valence electrons. The number of ether oxygens (including phenoxy) is 5. The summed E-state index contributed by atoms with van der Waals surface area (Å²) >= 11 is 0. The summed E-state index contributed by atoms with van der Waals surface area (Å²) < 4.78 is 28.0. The molecule has 0 aliphatic carbocycles. The third-order valence-corrected chi connectivity index (χ3v) is 5.00. The summed E-state index contributed by atoms with van der Waals surface area (Å²) in [4.78, 5) is 11.6. The van der Waals surface area contributed by atoms with Gasteiger partial charge in [-0.1, -0.05) is 18.2 Å². The predicted octanol–water partition coefficient (Wildman–Crippen LogP) is 3.96. The molecule has 28 heavy (non-hydrogen) atoms. The van der Waals surface area contributed by atoms with Crippen LogP contribution in [0, 0.1) is 0 Å². The van der Waals surface area contributed by atoms with Crippen molar-refractivity contribution in [2.45, 2.75) is 64.3 Å². The van der Waals surface area contributed by atoms with Crippen LogP contribution in [0.25, 0.3) is 6.08 Å². The Balaban J connectivity index is 1.70. The first kappa shape index (κ1) is 21.0. The largest absolute Gasteiger partial charge is 0.466 e. The topological polar surface area (TPSA) is 63.2 Å². The van der Waals surface area contributed by atoms with Gasteiger partial charge in [0, 0.05) is 19.3 Å². The molecular formula is C22H30O6. The van der Waals surface area contributed by atoms with E-state index in [0.29, 0.717) is 13.2 Å². The zero-order valence-corrected chi connectivity index (χ0v) is 16.6. The first-order valence-corrected chi connectivity index (χ1v) is 10.1. The molecule has 2 aliphatic heterocycles. The van der Waals surface area contributed by atoms with Gasteiger partial charge in [-0.2, -0.15) is 0 Å². The van der Waals surface area contributed by atoms with Crippen LogP contribution in [0.5, 0.6) is 0 Å². The first-order chi connectivity index (χ1) is 13.8. The Hall–Kier alpha value is -1.73. The van der Waals surface area contributed by atoms with Gasteiger partial charge in [-0.05, 0) is 61.3 Å². The van der Waals surface area contributed by atoms with Crippen LogP contribution in [0.2, 0.25) is 0 Å². The molecule has 2 heterocycles. The van der Waals surface area contributed by atoms with Crippen molar-refractivity contribution in [2.24, 2.45) is 0 Å². The van der Waals surface area contributed by atoms with Gasteiger partial charge in [-0.25, -0.2) is 4.79 Å². The van der Waals surface area contributed by atoms with Crippen molar-refractivity contribution >= 4 is 12.0 Å². The second-order valence-electron chi connectivity index (χ2n) is 7.06. The van der Waals surface area contributed by atoms with Crippen molar-refractivity contribution in [2.75, 3.05) is 20.3 Å². The van der Waals surface area contributed by atoms with Gasteiger partial charge in [0.2, 0.25) is 0 Å². The van der Waals surface area contributed by atoms with Crippen LogP contribution >= 0.6 is 0 Å². The molecule has 2 atom stereocenters. The highest BCUT2D eigenvalue weighted by Crippen LogP contribution is 2.23. The number of esters is 1. The van der Waals surface area contributed by atoms with Crippen LogP contribution in [0.4, 0.5) is 0 Å². The zero-order valence-electron chi connectivity index (χ0n) is 16.6. The van der Waals surface area contributed by atoms with E-state index in [2.05, 4.69) is 0 Å². The van der Waals surface area contributed by atoms with Crippen LogP contribution in [0.3, 0.4) is 0 Å². The molecule has 6 heteroatoms. The summed E-state index contributed by atoms with van der Waals surface area (Å²) in [5.74, 6) is -0.395. The van der Waals surface area contributed by atoms with Crippen LogP contribution < -0.4 is 0 Å². The van der Waals surface area contributed by atoms with Crippen molar-refractivity contribution in [3.8, 4) is 0 Å². The van der Waals surface area contributed by atoms with Crippen LogP contribution in [-0.2, 0) is 41.7 Å². The maximum atomic E-state index is 11.6. The highest BCUT2D eigenvalue weighted by atomic mass is 16.7. The fraction of sp³-hybridized carbons (Fsp3) is 0.591. The molecular weight excluding hydrogens is 360 g/mol. The molecule has 1 aromatic rings. The summed E-state index contributed by atoms with van der Waals surface area (Å²) in [6, 6.07) is 5.98. The number of carbonyl (C=O) groups is 1. The number of rotatable bonds is 8. The molecule has 0 N–H and O–H groups in total. The van der Waals surface area contributed by atoms with E-state index in [1.165, 1.54) is 13.2 Å². The molecule has 1 aromatic carbocycles. The number of hydrogen-bond acceptors (Lipinski definition) is 6. The van der Waals surface area contributed by atoms with Gasteiger partial charge < -0.3 is 23.7 Å². The van der Waals surface area contributed by atoms with E-state index in [4.69, 9.17) is 23.7 Å². The second kappa shape index (κ2) is 11.3. The maximum absolute atomic E-state index is 11.6. The molecule has 0 aromatic heterocycles. The second-order valence-corrected chi connectivity index (χ2v) is 7.06. The molecule has 3 rings (SSSR count). The van der Waals surface area contributed by atoms with Gasteiger partial charge >= 0.3 is 5.97 Å². The van der Waals surface area contributed by atoms with Gasteiger partial charge in [0.1, 0.15) is 0 Å². The zero-order chi connectivity index (χ0) is 19.6. The van der Waals surface area contributed by atoms with E-state index in [1.807, 2.05) is 18.2 Å². The molecule has 2 aliphatic rings.